The van der Waals surface area contributed by atoms with Gasteiger partial charge in [-0.25, -0.2) is 0 Å². The highest BCUT2D eigenvalue weighted by Crippen LogP contribution is 2.26. The number of hydrogen-bond acceptors (Lipinski definition) is 8. The average molecular weight is 527 g/mol. The van der Waals surface area contributed by atoms with Crippen LogP contribution in [-0.2, 0) is 22.6 Å². The molecule has 0 saturated carbocycles. The van der Waals surface area contributed by atoms with Crippen molar-refractivity contribution in [3.8, 4) is 17.0 Å². The van der Waals surface area contributed by atoms with E-state index in [4.69, 9.17) is 21.1 Å². The number of ether oxygens (including phenoxy) is 2. The van der Waals surface area contributed by atoms with Crippen LogP contribution < -0.4 is 15.6 Å². The van der Waals surface area contributed by atoms with Gasteiger partial charge in [0.15, 0.2) is 0 Å². The lowest BCUT2D eigenvalue weighted by molar-refractivity contribution is -0.143. The molecule has 3 aromatic heterocycles. The van der Waals surface area contributed by atoms with Crippen LogP contribution in [0.3, 0.4) is 0 Å². The van der Waals surface area contributed by atoms with Crippen molar-refractivity contribution in [1.29, 1.82) is 0 Å². The Balaban J connectivity index is 1.74. The first-order valence-electron chi connectivity index (χ1n) is 11.0. The molecule has 4 rings (SSSR count). The zero-order valence-electron chi connectivity index (χ0n) is 19.6. The Bertz CT molecular complexity index is 1460. The normalized spacial score (nSPS) is 10.8. The highest BCUT2D eigenvalue weighted by atomic mass is 35.5. The minimum Gasteiger partial charge on any atom is -0.496 e. The largest absolute Gasteiger partial charge is 0.496 e. The summed E-state index contributed by atoms with van der Waals surface area (Å²) >= 11 is 7.46. The fraction of sp³-hybridized carbons (Fsp3) is 0.200. The number of nitrogens with one attached hydrogen (secondary N) is 1. The van der Waals surface area contributed by atoms with Gasteiger partial charge in [0.2, 0.25) is 0 Å². The summed E-state index contributed by atoms with van der Waals surface area (Å²) in [6.45, 7) is 2.07. The van der Waals surface area contributed by atoms with Gasteiger partial charge in [-0.05, 0) is 43.3 Å². The lowest BCUT2D eigenvalue weighted by Crippen LogP contribution is -2.26. The van der Waals surface area contributed by atoms with Gasteiger partial charge in [0.1, 0.15) is 23.8 Å². The van der Waals surface area contributed by atoms with Crippen LogP contribution >= 0.6 is 22.9 Å². The summed E-state index contributed by atoms with van der Waals surface area (Å²) in [5, 5.41) is 7.68. The summed E-state index contributed by atoms with van der Waals surface area (Å²) in [5.74, 6) is -0.184. The van der Waals surface area contributed by atoms with Crippen LogP contribution in [0.25, 0.3) is 11.3 Å². The predicted octanol–water partition coefficient (Wildman–Crippen LogP) is 4.30. The molecule has 0 bridgehead atoms. The van der Waals surface area contributed by atoms with E-state index in [9.17, 15) is 14.4 Å². The summed E-state index contributed by atoms with van der Waals surface area (Å²) < 4.78 is 13.4. The van der Waals surface area contributed by atoms with E-state index in [1.807, 2.05) is 6.07 Å². The van der Waals surface area contributed by atoms with Gasteiger partial charge in [-0.1, -0.05) is 23.7 Å². The van der Waals surface area contributed by atoms with Gasteiger partial charge < -0.3 is 19.4 Å². The number of carbonyl (C=O) groups excluding carboxylic acids is 2. The maximum Gasteiger partial charge on any atom is 0.326 e. The number of halogens is 1. The molecule has 9 nitrogen and oxygen atoms in total. The van der Waals surface area contributed by atoms with Crippen molar-refractivity contribution in [2.45, 2.75) is 20.0 Å². The molecule has 0 saturated heterocycles. The van der Waals surface area contributed by atoms with Gasteiger partial charge in [-0.15, -0.1) is 11.3 Å². The van der Waals surface area contributed by atoms with Crippen molar-refractivity contribution in [2.24, 2.45) is 0 Å². The Morgan fingerprint density at radius 3 is 2.67 bits per heavy atom. The van der Waals surface area contributed by atoms with Crippen molar-refractivity contribution in [2.75, 3.05) is 19.0 Å². The topological polar surface area (TPSA) is 104 Å². The van der Waals surface area contributed by atoms with E-state index >= 15 is 0 Å². The lowest BCUT2D eigenvalue weighted by Gasteiger charge is -2.10. The highest BCUT2D eigenvalue weighted by Gasteiger charge is 2.21. The molecular formula is C25H23ClN4O5S. The summed E-state index contributed by atoms with van der Waals surface area (Å²) in [4.78, 5) is 39.5. The number of aromatic nitrogens is 3. The number of nitrogens with zero attached hydrogens (tertiary/aromatic N) is 3. The van der Waals surface area contributed by atoms with Crippen LogP contribution in [0.5, 0.6) is 5.75 Å². The molecule has 0 atom stereocenters. The van der Waals surface area contributed by atoms with Crippen molar-refractivity contribution in [1.82, 2.24) is 14.3 Å². The van der Waals surface area contributed by atoms with Crippen molar-refractivity contribution in [3.05, 3.63) is 85.9 Å². The smallest absolute Gasteiger partial charge is 0.326 e. The van der Waals surface area contributed by atoms with Crippen LogP contribution in [0, 0.1) is 0 Å². The van der Waals surface area contributed by atoms with Gasteiger partial charge >= 0.3 is 5.97 Å². The van der Waals surface area contributed by atoms with Gasteiger partial charge in [-0.3, -0.25) is 14.4 Å². The quantitative estimate of drug-likeness (QED) is 0.324. The molecule has 3 heterocycles. The molecule has 1 N–H and O–H groups in total. The lowest BCUT2D eigenvalue weighted by atomic mass is 10.2. The third-order valence-corrected chi connectivity index (χ3v) is 6.44. The Labute approximate surface area is 215 Å². The number of para-hydroxylation sites is 1. The number of thiophene rings is 1. The van der Waals surface area contributed by atoms with E-state index in [1.54, 1.807) is 55.5 Å². The zero-order valence-corrected chi connectivity index (χ0v) is 21.1. The number of hydrogen-bond donors (Lipinski definition) is 1. The third-order valence-electron chi connectivity index (χ3n) is 5.21. The van der Waals surface area contributed by atoms with Crippen LogP contribution in [0.2, 0.25) is 4.34 Å². The molecule has 1 aromatic carbocycles. The zero-order chi connectivity index (χ0) is 25.7. The number of anilines is 1. The molecule has 0 unspecified atom stereocenters. The first-order chi connectivity index (χ1) is 17.4. The summed E-state index contributed by atoms with van der Waals surface area (Å²) in [5.41, 5.74) is 0.380. The van der Waals surface area contributed by atoms with E-state index in [2.05, 4.69) is 10.4 Å². The second kappa shape index (κ2) is 11.2. The Kier molecular flexibility index (Phi) is 7.87. The van der Waals surface area contributed by atoms with E-state index in [0.717, 1.165) is 4.88 Å². The first kappa shape index (κ1) is 25.2. The van der Waals surface area contributed by atoms with Gasteiger partial charge in [0.25, 0.3) is 11.5 Å². The molecule has 0 fully saturated rings. The molecule has 186 valence electrons. The van der Waals surface area contributed by atoms with Crippen LogP contribution in [0.1, 0.15) is 22.2 Å². The number of rotatable bonds is 9. The maximum atomic E-state index is 13.5. The fourth-order valence-corrected chi connectivity index (χ4v) is 4.58. The number of esters is 1. The van der Waals surface area contributed by atoms with Crippen molar-refractivity contribution in [3.63, 3.8) is 0 Å². The minimum absolute atomic E-state index is 0.215. The van der Waals surface area contributed by atoms with E-state index in [0.29, 0.717) is 28.0 Å². The first-order valence-corrected chi connectivity index (χ1v) is 12.2. The fourth-order valence-electron chi connectivity index (χ4n) is 3.56. The van der Waals surface area contributed by atoms with Gasteiger partial charge in [-0.2, -0.15) is 9.78 Å². The minimum atomic E-state index is -0.523. The monoisotopic (exact) mass is 526 g/mol. The SMILES string of the molecule is CCOC(=O)Cn1cccc(-c2cc(NCc3ccc(Cl)s3)n(C(=O)c3ccccc3OC)n2)c1=O. The number of carbonyl (C=O) groups is 2. The summed E-state index contributed by atoms with van der Waals surface area (Å²) in [6, 6.07) is 15.3. The van der Waals surface area contributed by atoms with Crippen LogP contribution in [0.15, 0.2) is 65.6 Å². The number of methoxy groups -OCH3 is 1. The molecule has 36 heavy (non-hydrogen) atoms. The molecule has 0 amide bonds. The summed E-state index contributed by atoms with van der Waals surface area (Å²) in [6.07, 6.45) is 1.50. The van der Waals surface area contributed by atoms with Crippen LogP contribution in [0.4, 0.5) is 5.82 Å². The molecule has 11 heteroatoms. The molecule has 0 aliphatic heterocycles. The number of pyridine rings is 1. The molecule has 0 aliphatic carbocycles. The Morgan fingerprint density at radius 2 is 1.94 bits per heavy atom. The van der Waals surface area contributed by atoms with Crippen molar-refractivity contribution >= 4 is 40.6 Å². The Morgan fingerprint density at radius 1 is 1.14 bits per heavy atom. The van der Waals surface area contributed by atoms with E-state index in [1.165, 1.54) is 33.9 Å². The molecule has 0 aliphatic rings. The highest BCUT2D eigenvalue weighted by molar-refractivity contribution is 7.16. The van der Waals surface area contributed by atoms with Gasteiger partial charge in [0.05, 0.1) is 35.7 Å². The number of benzene rings is 1. The predicted molar refractivity (Wildman–Crippen MR) is 138 cm³/mol. The molecule has 0 radical (unpaired) electrons. The van der Waals surface area contributed by atoms with Crippen LogP contribution in [-0.4, -0.2) is 39.9 Å². The second-order valence-corrected chi connectivity index (χ2v) is 9.35. The average Bonchev–Trinajstić information content (AvgIpc) is 3.49. The molecule has 0 spiro atoms. The Hall–Kier alpha value is -3.89. The maximum absolute atomic E-state index is 13.5. The summed E-state index contributed by atoms with van der Waals surface area (Å²) in [7, 11) is 1.48. The van der Waals surface area contributed by atoms with E-state index < -0.39 is 17.4 Å². The molecule has 4 aromatic rings. The van der Waals surface area contributed by atoms with Gasteiger partial charge in [0, 0.05) is 17.1 Å². The standard InChI is InChI=1S/C25H23ClN4O5S/c1-3-35-23(31)15-29-12-6-8-17(24(29)32)19-13-22(27-14-16-10-11-21(26)36-16)30(28-19)25(33)18-7-4-5-9-20(18)34-2/h4-13,27H,3,14-15H2,1-2H3. The third kappa shape index (κ3) is 5.50. The van der Waals surface area contributed by atoms with Crippen molar-refractivity contribution < 1.29 is 19.1 Å². The molecular weight excluding hydrogens is 504 g/mol. The van der Waals surface area contributed by atoms with E-state index in [-0.39, 0.29) is 24.4 Å². The second-order valence-electron chi connectivity index (χ2n) is 7.55.